The molecular weight excluding hydrogens is 278 g/mol. The molecule has 0 bridgehead atoms. The van der Waals surface area contributed by atoms with Crippen molar-refractivity contribution in [2.24, 2.45) is 13.0 Å². The molecule has 0 amide bonds. The van der Waals surface area contributed by atoms with E-state index in [1.165, 1.54) is 24.1 Å². The minimum Gasteiger partial charge on any atom is -0.347 e. The summed E-state index contributed by atoms with van der Waals surface area (Å²) in [7, 11) is 1.99. The minimum atomic E-state index is -0.279. The van der Waals surface area contributed by atoms with Gasteiger partial charge in [-0.1, -0.05) is 6.92 Å². The van der Waals surface area contributed by atoms with Crippen LogP contribution in [-0.2, 0) is 23.1 Å². The highest BCUT2D eigenvalue weighted by Gasteiger charge is 2.43. The van der Waals surface area contributed by atoms with Crippen LogP contribution in [0, 0.1) is 19.8 Å². The van der Waals surface area contributed by atoms with Crippen LogP contribution >= 0.6 is 0 Å². The monoisotopic (exact) mass is 307 g/mol. The van der Waals surface area contributed by atoms with Crippen LogP contribution in [-0.4, -0.2) is 34.8 Å². The molecule has 2 heterocycles. The normalized spacial score (nSPS) is 32.0. The fourth-order valence-electron chi connectivity index (χ4n) is 3.61. The van der Waals surface area contributed by atoms with E-state index < -0.39 is 0 Å². The Morgan fingerprint density at radius 2 is 2.05 bits per heavy atom. The van der Waals surface area contributed by atoms with Crippen molar-refractivity contribution in [3.63, 3.8) is 0 Å². The van der Waals surface area contributed by atoms with Crippen molar-refractivity contribution in [3.8, 4) is 0 Å². The van der Waals surface area contributed by atoms with Gasteiger partial charge in [0.1, 0.15) is 0 Å². The minimum absolute atomic E-state index is 0.172. The van der Waals surface area contributed by atoms with Gasteiger partial charge in [-0.15, -0.1) is 0 Å². The van der Waals surface area contributed by atoms with Crippen molar-refractivity contribution < 1.29 is 9.47 Å². The summed E-state index contributed by atoms with van der Waals surface area (Å²) in [5.74, 6) is 0.533. The van der Waals surface area contributed by atoms with Gasteiger partial charge in [-0.25, -0.2) is 0 Å². The van der Waals surface area contributed by atoms with Crippen molar-refractivity contribution >= 4 is 0 Å². The Labute approximate surface area is 133 Å². The zero-order valence-electron chi connectivity index (χ0n) is 14.3. The first kappa shape index (κ1) is 16.0. The van der Waals surface area contributed by atoms with Crippen LogP contribution < -0.4 is 5.32 Å². The van der Waals surface area contributed by atoms with Crippen LogP contribution in [0.2, 0.25) is 0 Å². The van der Waals surface area contributed by atoms with Crippen LogP contribution in [0.1, 0.15) is 49.6 Å². The van der Waals surface area contributed by atoms with E-state index in [0.29, 0.717) is 6.61 Å². The maximum Gasteiger partial charge on any atom is 0.168 e. The van der Waals surface area contributed by atoms with Crippen molar-refractivity contribution in [1.82, 2.24) is 15.1 Å². The maximum absolute atomic E-state index is 6.24. The largest absolute Gasteiger partial charge is 0.347 e. The molecule has 5 nitrogen and oxygen atoms in total. The van der Waals surface area contributed by atoms with E-state index in [9.17, 15) is 0 Å². The number of ether oxygens (including phenoxy) is 2. The molecule has 1 N–H and O–H groups in total. The predicted octanol–water partition coefficient (Wildman–Crippen LogP) is 2.45. The Hall–Kier alpha value is -0.910. The summed E-state index contributed by atoms with van der Waals surface area (Å²) in [6.07, 6.45) is 4.70. The van der Waals surface area contributed by atoms with Gasteiger partial charge in [-0.05, 0) is 32.6 Å². The Bertz CT molecular complexity index is 518. The summed E-state index contributed by atoms with van der Waals surface area (Å²) in [6, 6.07) is 0. The molecule has 0 radical (unpaired) electrons. The van der Waals surface area contributed by atoms with Gasteiger partial charge in [0.2, 0.25) is 0 Å². The smallest absolute Gasteiger partial charge is 0.168 e. The van der Waals surface area contributed by atoms with Gasteiger partial charge in [-0.2, -0.15) is 5.10 Å². The Balaban J connectivity index is 1.47. The number of nitrogens with zero attached hydrogens (tertiary/aromatic N) is 2. The molecule has 1 saturated carbocycles. The standard InChI is InChI=1S/C17H29N3O2/c1-12-5-7-17(8-6-12)21-11-15(22-17)9-18-10-16-13(2)19-20(4)14(16)3/h12,15,18H,5-11H2,1-4H3/t12?,15-,17?/m0/s1. The molecule has 0 unspecified atom stereocenters. The van der Waals surface area contributed by atoms with E-state index in [-0.39, 0.29) is 11.9 Å². The lowest BCUT2D eigenvalue weighted by molar-refractivity contribution is -0.191. The summed E-state index contributed by atoms with van der Waals surface area (Å²) < 4.78 is 14.2. The highest BCUT2D eigenvalue weighted by atomic mass is 16.7. The first-order valence-corrected chi connectivity index (χ1v) is 8.51. The quantitative estimate of drug-likeness (QED) is 0.928. The SMILES string of the molecule is Cc1nn(C)c(C)c1CNC[C@H]1COC2(CCC(C)CC2)O1. The molecule has 22 heavy (non-hydrogen) atoms. The van der Waals surface area contributed by atoms with Gasteiger partial charge in [0.15, 0.2) is 5.79 Å². The number of nitrogens with one attached hydrogen (secondary N) is 1. The molecule has 1 aliphatic heterocycles. The number of rotatable bonds is 4. The van der Waals surface area contributed by atoms with E-state index in [1.54, 1.807) is 0 Å². The van der Waals surface area contributed by atoms with Crippen molar-refractivity contribution in [1.29, 1.82) is 0 Å². The van der Waals surface area contributed by atoms with E-state index in [2.05, 4.69) is 31.2 Å². The first-order chi connectivity index (χ1) is 10.5. The molecule has 2 aliphatic rings. The third kappa shape index (κ3) is 3.21. The van der Waals surface area contributed by atoms with E-state index >= 15 is 0 Å². The molecule has 1 atom stereocenters. The Morgan fingerprint density at radius 1 is 1.32 bits per heavy atom. The second-order valence-corrected chi connectivity index (χ2v) is 7.05. The molecule has 1 saturated heterocycles. The van der Waals surface area contributed by atoms with Gasteiger partial charge >= 0.3 is 0 Å². The molecule has 3 rings (SSSR count). The third-order valence-electron chi connectivity index (χ3n) is 5.28. The molecule has 1 aromatic rings. The zero-order chi connectivity index (χ0) is 15.7. The highest BCUT2D eigenvalue weighted by Crippen LogP contribution is 2.39. The van der Waals surface area contributed by atoms with Gasteiger partial charge in [0, 0.05) is 44.2 Å². The summed E-state index contributed by atoms with van der Waals surface area (Å²) in [4.78, 5) is 0. The number of aryl methyl sites for hydroxylation is 2. The maximum atomic E-state index is 6.24. The number of hydrogen-bond acceptors (Lipinski definition) is 4. The predicted molar refractivity (Wildman–Crippen MR) is 85.6 cm³/mol. The van der Waals surface area contributed by atoms with E-state index in [1.807, 2.05) is 11.7 Å². The molecule has 1 aliphatic carbocycles. The van der Waals surface area contributed by atoms with Crippen LogP contribution in [0.25, 0.3) is 0 Å². The summed E-state index contributed by atoms with van der Waals surface area (Å²) >= 11 is 0. The van der Waals surface area contributed by atoms with Crippen molar-refractivity contribution in [3.05, 3.63) is 17.0 Å². The fourth-order valence-corrected chi connectivity index (χ4v) is 3.61. The van der Waals surface area contributed by atoms with Gasteiger partial charge in [0.05, 0.1) is 18.4 Å². The molecular formula is C17H29N3O2. The van der Waals surface area contributed by atoms with Gasteiger partial charge in [0.25, 0.3) is 0 Å². The van der Waals surface area contributed by atoms with Crippen LogP contribution in [0.5, 0.6) is 0 Å². The second-order valence-electron chi connectivity index (χ2n) is 7.05. The summed E-state index contributed by atoms with van der Waals surface area (Å²) in [5, 5.41) is 7.97. The first-order valence-electron chi connectivity index (χ1n) is 8.51. The molecule has 124 valence electrons. The summed E-state index contributed by atoms with van der Waals surface area (Å²) in [6.45, 7) is 8.90. The van der Waals surface area contributed by atoms with E-state index in [4.69, 9.17) is 9.47 Å². The van der Waals surface area contributed by atoms with Gasteiger partial charge < -0.3 is 14.8 Å². The Kier molecular flexibility index (Phi) is 4.57. The van der Waals surface area contributed by atoms with Gasteiger partial charge in [-0.3, -0.25) is 4.68 Å². The van der Waals surface area contributed by atoms with Crippen LogP contribution in [0.4, 0.5) is 0 Å². The Morgan fingerprint density at radius 3 is 2.68 bits per heavy atom. The third-order valence-corrected chi connectivity index (χ3v) is 5.28. The average Bonchev–Trinajstić information content (AvgIpc) is 2.99. The second kappa shape index (κ2) is 6.30. The highest BCUT2D eigenvalue weighted by molar-refractivity contribution is 5.23. The van der Waals surface area contributed by atoms with Crippen molar-refractivity contribution in [2.45, 2.75) is 64.9 Å². The van der Waals surface area contributed by atoms with E-state index in [0.717, 1.165) is 37.5 Å². The lowest BCUT2D eigenvalue weighted by atomic mass is 9.86. The zero-order valence-corrected chi connectivity index (χ0v) is 14.3. The van der Waals surface area contributed by atoms with Crippen LogP contribution in [0.3, 0.4) is 0 Å². The molecule has 1 aromatic heterocycles. The summed E-state index contributed by atoms with van der Waals surface area (Å²) in [5.41, 5.74) is 3.63. The molecule has 1 spiro atoms. The molecule has 2 fully saturated rings. The average molecular weight is 307 g/mol. The van der Waals surface area contributed by atoms with Crippen molar-refractivity contribution in [2.75, 3.05) is 13.2 Å². The lowest BCUT2D eigenvalue weighted by Crippen LogP contribution is -2.37. The lowest BCUT2D eigenvalue weighted by Gasteiger charge is -2.34. The van der Waals surface area contributed by atoms with Crippen LogP contribution in [0.15, 0.2) is 0 Å². The number of hydrogen-bond donors (Lipinski definition) is 1. The topological polar surface area (TPSA) is 48.3 Å². The molecule has 0 aromatic carbocycles. The molecule has 5 heteroatoms. The number of aromatic nitrogens is 2. The fraction of sp³-hybridized carbons (Fsp3) is 0.824.